The quantitative estimate of drug-likeness (QED) is 0.211. The van der Waals surface area contributed by atoms with Gasteiger partial charge in [0.2, 0.25) is 0 Å². The first-order valence-corrected chi connectivity index (χ1v) is 10.6. The Bertz CT molecular complexity index is 1120. The van der Waals surface area contributed by atoms with Crippen molar-refractivity contribution in [2.45, 2.75) is 32.4 Å². The van der Waals surface area contributed by atoms with Gasteiger partial charge in [0.15, 0.2) is 0 Å². The van der Waals surface area contributed by atoms with E-state index in [-0.39, 0.29) is 12.5 Å². The lowest BCUT2D eigenvalue weighted by Crippen LogP contribution is -2.32. The first-order chi connectivity index (χ1) is 15.7. The lowest BCUT2D eigenvalue weighted by Gasteiger charge is -2.22. The Hall–Kier alpha value is -3.81. The highest BCUT2D eigenvalue weighted by Crippen LogP contribution is 2.23. The van der Waals surface area contributed by atoms with Crippen molar-refractivity contribution in [1.29, 1.82) is 0 Å². The first-order valence-electron chi connectivity index (χ1n) is 10.6. The molecule has 7 heteroatoms. The van der Waals surface area contributed by atoms with E-state index in [1.54, 1.807) is 24.3 Å². The van der Waals surface area contributed by atoms with Crippen LogP contribution in [0.25, 0.3) is 11.1 Å². The summed E-state index contributed by atoms with van der Waals surface area (Å²) in [7, 11) is 0. The number of carboxylic acids is 1. The number of amides is 1. The van der Waals surface area contributed by atoms with Gasteiger partial charge in [-0.25, -0.2) is 5.84 Å². The number of aliphatic imine (C=N–C) groups is 1. The second-order valence-corrected chi connectivity index (χ2v) is 8.01. The number of carboxylic acid groups (broad SMARTS) is 1. The van der Waals surface area contributed by atoms with Crippen molar-refractivity contribution in [2.75, 3.05) is 0 Å². The molecule has 0 aliphatic rings. The third-order valence-electron chi connectivity index (χ3n) is 5.51. The van der Waals surface area contributed by atoms with E-state index in [1.165, 1.54) is 16.9 Å². The molecule has 3 aromatic carbocycles. The molecule has 0 aliphatic carbocycles. The molecule has 0 saturated heterocycles. The largest absolute Gasteiger partial charge is 0.480 e. The first kappa shape index (κ1) is 23.8. The molecule has 3 rings (SSSR count). The van der Waals surface area contributed by atoms with E-state index < -0.39 is 17.9 Å². The molecule has 0 aliphatic heterocycles. The summed E-state index contributed by atoms with van der Waals surface area (Å²) in [5, 5.41) is 10.3. The Morgan fingerprint density at radius 2 is 1.52 bits per heavy atom. The van der Waals surface area contributed by atoms with Gasteiger partial charge in [0.1, 0.15) is 12.4 Å². The molecule has 1 amide bonds. The Balaban J connectivity index is 1.61. The third kappa shape index (κ3) is 6.35. The minimum atomic E-state index is -1.07. The van der Waals surface area contributed by atoms with Gasteiger partial charge < -0.3 is 10.8 Å². The molecule has 0 fully saturated rings. The molecular formula is C26H28N4O3. The summed E-state index contributed by atoms with van der Waals surface area (Å²) >= 11 is 0. The van der Waals surface area contributed by atoms with Crippen LogP contribution in [0.2, 0.25) is 0 Å². The number of carbonyl (C=O) groups is 2. The molecule has 1 unspecified atom stereocenters. The summed E-state index contributed by atoms with van der Waals surface area (Å²) in [6, 6.07) is 21.8. The summed E-state index contributed by atoms with van der Waals surface area (Å²) in [6.07, 6.45) is 1.50. The molecule has 0 bridgehead atoms. The van der Waals surface area contributed by atoms with Crippen molar-refractivity contribution in [1.82, 2.24) is 5.01 Å². The van der Waals surface area contributed by atoms with Crippen LogP contribution in [0.1, 0.15) is 40.0 Å². The lowest BCUT2D eigenvalue weighted by molar-refractivity contribution is -0.138. The van der Waals surface area contributed by atoms with Crippen LogP contribution < -0.4 is 11.6 Å². The SMILES string of the molecule is Cc1ccc(-c2ccc(C(C)N(N)/C=N/C(=O)c3ccc(C[C@H](N)C(=O)O)cc3)cc2)cc1. The van der Waals surface area contributed by atoms with Crippen LogP contribution in [0.15, 0.2) is 77.8 Å². The fourth-order valence-corrected chi connectivity index (χ4v) is 3.29. The molecule has 0 radical (unpaired) electrons. The molecule has 5 N–H and O–H groups in total. The van der Waals surface area contributed by atoms with Crippen LogP contribution in [0.4, 0.5) is 0 Å². The van der Waals surface area contributed by atoms with Gasteiger partial charge in [-0.05, 0) is 54.7 Å². The van der Waals surface area contributed by atoms with E-state index >= 15 is 0 Å². The maximum Gasteiger partial charge on any atom is 0.320 e. The zero-order valence-corrected chi connectivity index (χ0v) is 18.7. The number of aryl methyl sites for hydroxylation is 1. The van der Waals surface area contributed by atoms with Crippen molar-refractivity contribution in [3.8, 4) is 11.1 Å². The normalized spacial score (nSPS) is 13.0. The number of benzene rings is 3. The number of nitrogens with zero attached hydrogens (tertiary/aromatic N) is 2. The van der Waals surface area contributed by atoms with Crippen molar-refractivity contribution >= 4 is 18.2 Å². The fraction of sp³-hybridized carbons (Fsp3) is 0.192. The monoisotopic (exact) mass is 444 g/mol. The lowest BCUT2D eigenvalue weighted by atomic mass is 10.0. The molecule has 3 aromatic rings. The Labute approximate surface area is 193 Å². The zero-order chi connectivity index (χ0) is 24.0. The minimum Gasteiger partial charge on any atom is -0.480 e. The number of nitrogens with two attached hydrogens (primary N) is 2. The smallest absolute Gasteiger partial charge is 0.320 e. The zero-order valence-electron chi connectivity index (χ0n) is 18.7. The number of aliphatic carboxylic acids is 1. The van der Waals surface area contributed by atoms with Crippen molar-refractivity contribution in [3.63, 3.8) is 0 Å². The van der Waals surface area contributed by atoms with Crippen molar-refractivity contribution < 1.29 is 14.7 Å². The van der Waals surface area contributed by atoms with Crippen molar-refractivity contribution in [2.24, 2.45) is 16.6 Å². The van der Waals surface area contributed by atoms with E-state index in [9.17, 15) is 9.59 Å². The average Bonchev–Trinajstić information content (AvgIpc) is 2.82. The standard InChI is InChI=1S/C26H28N4O3/c1-17-3-7-21(8-4-17)22-13-11-20(12-14-22)18(2)30(28)16-29-25(31)23-9-5-19(6-10-23)15-24(27)26(32)33/h3-14,16,18,24H,15,27-28H2,1-2H3,(H,32,33)/b29-16+/t18?,24-/m0/s1. The summed E-state index contributed by atoms with van der Waals surface area (Å²) < 4.78 is 0. The summed E-state index contributed by atoms with van der Waals surface area (Å²) in [5.41, 5.74) is 11.1. The molecule has 170 valence electrons. The molecule has 7 nitrogen and oxygen atoms in total. The topological polar surface area (TPSA) is 122 Å². The van der Waals surface area contributed by atoms with Gasteiger partial charge in [-0.2, -0.15) is 4.99 Å². The average molecular weight is 445 g/mol. The second-order valence-electron chi connectivity index (χ2n) is 8.01. The Kier molecular flexibility index (Phi) is 7.71. The molecule has 33 heavy (non-hydrogen) atoms. The maximum absolute atomic E-state index is 12.4. The molecule has 0 spiro atoms. The van der Waals surface area contributed by atoms with E-state index in [0.29, 0.717) is 5.56 Å². The van der Waals surface area contributed by atoms with E-state index in [0.717, 1.165) is 22.3 Å². The van der Waals surface area contributed by atoms with Crippen LogP contribution in [-0.4, -0.2) is 34.4 Å². The number of carbonyl (C=O) groups excluding carboxylic acids is 1. The van der Waals surface area contributed by atoms with Gasteiger partial charge in [0.05, 0.1) is 6.04 Å². The summed E-state index contributed by atoms with van der Waals surface area (Å²) in [4.78, 5) is 27.2. The molecule has 0 aromatic heterocycles. The van der Waals surface area contributed by atoms with Crippen LogP contribution >= 0.6 is 0 Å². The highest BCUT2D eigenvalue weighted by atomic mass is 16.4. The Morgan fingerprint density at radius 3 is 2.06 bits per heavy atom. The number of hydrogen-bond donors (Lipinski definition) is 3. The maximum atomic E-state index is 12.4. The van der Waals surface area contributed by atoms with Gasteiger partial charge in [-0.1, -0.05) is 66.2 Å². The van der Waals surface area contributed by atoms with Gasteiger partial charge in [-0.15, -0.1) is 0 Å². The van der Waals surface area contributed by atoms with Gasteiger partial charge in [-0.3, -0.25) is 14.6 Å². The Morgan fingerprint density at radius 1 is 0.970 bits per heavy atom. The van der Waals surface area contributed by atoms with Crippen LogP contribution in [0.5, 0.6) is 0 Å². The molecular weight excluding hydrogens is 416 g/mol. The predicted molar refractivity (Wildman–Crippen MR) is 130 cm³/mol. The minimum absolute atomic E-state index is 0.184. The molecule has 0 heterocycles. The van der Waals surface area contributed by atoms with Crippen LogP contribution in [0, 0.1) is 6.92 Å². The number of rotatable bonds is 8. The van der Waals surface area contributed by atoms with Crippen LogP contribution in [-0.2, 0) is 11.2 Å². The highest BCUT2D eigenvalue weighted by molar-refractivity contribution is 5.98. The summed E-state index contributed by atoms with van der Waals surface area (Å²) in [5.74, 6) is 4.60. The van der Waals surface area contributed by atoms with Gasteiger partial charge in [0.25, 0.3) is 5.91 Å². The number of hydrazine groups is 1. The van der Waals surface area contributed by atoms with E-state index in [1.807, 2.05) is 31.2 Å². The fourth-order valence-electron chi connectivity index (χ4n) is 3.29. The molecule has 2 atom stereocenters. The van der Waals surface area contributed by atoms with E-state index in [4.69, 9.17) is 16.7 Å². The van der Waals surface area contributed by atoms with Gasteiger partial charge >= 0.3 is 5.97 Å². The molecule has 0 saturated carbocycles. The third-order valence-corrected chi connectivity index (χ3v) is 5.51. The summed E-state index contributed by atoms with van der Waals surface area (Å²) in [6.45, 7) is 3.99. The second kappa shape index (κ2) is 10.7. The highest BCUT2D eigenvalue weighted by Gasteiger charge is 2.13. The van der Waals surface area contributed by atoms with Crippen molar-refractivity contribution in [3.05, 3.63) is 95.1 Å². The van der Waals surface area contributed by atoms with Crippen LogP contribution in [0.3, 0.4) is 0 Å². The predicted octanol–water partition coefficient (Wildman–Crippen LogP) is 3.72. The van der Waals surface area contributed by atoms with E-state index in [2.05, 4.69) is 36.2 Å². The van der Waals surface area contributed by atoms with Gasteiger partial charge in [0, 0.05) is 5.56 Å². The number of hydrogen-bond acceptors (Lipinski definition) is 4.